The van der Waals surface area contributed by atoms with Crippen molar-refractivity contribution in [3.05, 3.63) is 12.8 Å². The summed E-state index contributed by atoms with van der Waals surface area (Å²) in [6.45, 7) is 15.0. The van der Waals surface area contributed by atoms with Gasteiger partial charge < -0.3 is 4.12 Å². The zero-order valence-electron chi connectivity index (χ0n) is 11.6. The molecule has 0 aromatic heterocycles. The van der Waals surface area contributed by atoms with Crippen LogP contribution >= 0.6 is 0 Å². The second kappa shape index (κ2) is 5.60. The minimum Gasteiger partial charge on any atom is -0.455 e. The van der Waals surface area contributed by atoms with Gasteiger partial charge in [0.05, 0.1) is 5.38 Å². The van der Waals surface area contributed by atoms with Crippen molar-refractivity contribution in [1.29, 1.82) is 0 Å². The van der Waals surface area contributed by atoms with Gasteiger partial charge in [-0.15, -0.1) is 0 Å². The van der Waals surface area contributed by atoms with Crippen molar-refractivity contribution in [2.24, 2.45) is 4.99 Å². The highest BCUT2D eigenvalue weighted by Gasteiger charge is 2.35. The van der Waals surface area contributed by atoms with Gasteiger partial charge in [-0.2, -0.15) is 0 Å². The third-order valence-electron chi connectivity index (χ3n) is 1.84. The van der Waals surface area contributed by atoms with Gasteiger partial charge in [-0.1, -0.05) is 6.58 Å². The molecule has 0 unspecified atom stereocenters. The van der Waals surface area contributed by atoms with Crippen LogP contribution in [0.5, 0.6) is 0 Å². The van der Waals surface area contributed by atoms with E-state index in [-0.39, 0.29) is 10.4 Å². The lowest BCUT2D eigenvalue weighted by atomic mass is 10.8. The SMILES string of the molecule is C=CN=C(C)S(=O)(=O)C[Si](C)(C)O[Si](C)(C)C. The fourth-order valence-corrected chi connectivity index (χ4v) is 13.8. The molecule has 0 bridgehead atoms. The number of rotatable bonds is 5. The van der Waals surface area contributed by atoms with E-state index in [0.29, 0.717) is 0 Å². The Labute approximate surface area is 107 Å². The minimum atomic E-state index is -3.31. The molecule has 0 amide bonds. The highest BCUT2D eigenvalue weighted by atomic mass is 32.2. The molecule has 0 saturated heterocycles. The van der Waals surface area contributed by atoms with Gasteiger partial charge in [-0.25, -0.2) is 8.42 Å². The predicted molar refractivity (Wildman–Crippen MR) is 79.0 cm³/mol. The summed E-state index contributed by atoms with van der Waals surface area (Å²) in [5.74, 6) is 0. The van der Waals surface area contributed by atoms with E-state index in [0.717, 1.165) is 0 Å². The van der Waals surface area contributed by atoms with Crippen LogP contribution < -0.4 is 0 Å². The van der Waals surface area contributed by atoms with Crippen molar-refractivity contribution in [3.63, 3.8) is 0 Å². The quantitative estimate of drug-likeness (QED) is 0.445. The normalized spacial score (nSPS) is 14.8. The zero-order chi connectivity index (χ0) is 13.9. The van der Waals surface area contributed by atoms with Crippen LogP contribution in [0.15, 0.2) is 17.8 Å². The van der Waals surface area contributed by atoms with Gasteiger partial charge in [0.1, 0.15) is 5.04 Å². The summed E-state index contributed by atoms with van der Waals surface area (Å²) in [6.07, 6.45) is 1.25. The molecule has 4 nitrogen and oxygen atoms in total. The average molecular weight is 294 g/mol. The molecule has 0 fully saturated rings. The predicted octanol–water partition coefficient (Wildman–Crippen LogP) is 2.56. The molecular weight excluding hydrogens is 270 g/mol. The van der Waals surface area contributed by atoms with Gasteiger partial charge in [0.2, 0.25) is 0 Å². The summed E-state index contributed by atoms with van der Waals surface area (Å²) in [6, 6.07) is 0. The van der Waals surface area contributed by atoms with Gasteiger partial charge in [0.15, 0.2) is 26.5 Å². The summed E-state index contributed by atoms with van der Waals surface area (Å²) in [5.41, 5.74) is 0. The second-order valence-corrected chi connectivity index (χ2v) is 17.1. The monoisotopic (exact) mass is 293 g/mol. The summed E-state index contributed by atoms with van der Waals surface area (Å²) in [7, 11) is -7.23. The van der Waals surface area contributed by atoms with E-state index >= 15 is 0 Å². The first kappa shape index (κ1) is 16.8. The largest absolute Gasteiger partial charge is 0.455 e. The summed E-state index contributed by atoms with van der Waals surface area (Å²) < 4.78 is 30.0. The zero-order valence-corrected chi connectivity index (χ0v) is 14.4. The van der Waals surface area contributed by atoms with Gasteiger partial charge in [0.25, 0.3) is 0 Å². The maximum Gasteiger partial charge on any atom is 0.191 e. The number of hydrogen-bond donors (Lipinski definition) is 0. The van der Waals surface area contributed by atoms with E-state index in [1.807, 2.05) is 13.1 Å². The molecular formula is C10H23NO3SSi2. The molecule has 100 valence electrons. The fourth-order valence-electron chi connectivity index (χ4n) is 1.63. The number of aliphatic imine (C=N–C) groups is 1. The first-order valence-electron chi connectivity index (χ1n) is 5.48. The Morgan fingerprint density at radius 1 is 1.29 bits per heavy atom. The maximum absolute atomic E-state index is 12.0. The summed E-state index contributed by atoms with van der Waals surface area (Å²) >= 11 is 0. The van der Waals surface area contributed by atoms with E-state index in [4.69, 9.17) is 4.12 Å². The maximum atomic E-state index is 12.0. The Morgan fingerprint density at radius 3 is 2.12 bits per heavy atom. The van der Waals surface area contributed by atoms with E-state index in [2.05, 4.69) is 31.2 Å². The minimum absolute atomic E-state index is 0.0768. The summed E-state index contributed by atoms with van der Waals surface area (Å²) in [5, 5.41) is 0.195. The molecule has 0 saturated carbocycles. The molecule has 0 aliphatic rings. The lowest BCUT2D eigenvalue weighted by molar-refractivity contribution is 0.553. The fraction of sp³-hybridized carbons (Fsp3) is 0.700. The van der Waals surface area contributed by atoms with Crippen LogP contribution in [0.2, 0.25) is 32.7 Å². The van der Waals surface area contributed by atoms with Crippen molar-refractivity contribution in [2.45, 2.75) is 39.7 Å². The van der Waals surface area contributed by atoms with E-state index < -0.39 is 26.5 Å². The van der Waals surface area contributed by atoms with Crippen LogP contribution in [0.25, 0.3) is 0 Å². The number of sulfone groups is 1. The Balaban J connectivity index is 4.95. The van der Waals surface area contributed by atoms with E-state index in [9.17, 15) is 8.42 Å². The smallest absolute Gasteiger partial charge is 0.191 e. The van der Waals surface area contributed by atoms with Crippen LogP contribution in [-0.2, 0) is 14.0 Å². The van der Waals surface area contributed by atoms with Crippen LogP contribution in [0.1, 0.15) is 6.92 Å². The van der Waals surface area contributed by atoms with Crippen molar-refractivity contribution in [1.82, 2.24) is 0 Å². The van der Waals surface area contributed by atoms with Crippen molar-refractivity contribution < 1.29 is 12.5 Å². The van der Waals surface area contributed by atoms with Crippen LogP contribution in [0, 0.1) is 0 Å². The Hall–Kier alpha value is -0.246. The molecule has 0 aromatic carbocycles. The molecule has 0 rings (SSSR count). The molecule has 0 aliphatic heterocycles. The molecule has 0 atom stereocenters. The van der Waals surface area contributed by atoms with E-state index in [1.54, 1.807) is 0 Å². The lowest BCUT2D eigenvalue weighted by Crippen LogP contribution is -2.48. The number of hydrogen-bond acceptors (Lipinski definition) is 4. The number of nitrogens with zero attached hydrogens (tertiary/aromatic N) is 1. The van der Waals surface area contributed by atoms with Gasteiger partial charge in [0, 0.05) is 6.20 Å². The van der Waals surface area contributed by atoms with Crippen molar-refractivity contribution >= 4 is 31.5 Å². The molecule has 0 aromatic rings. The molecule has 0 aliphatic carbocycles. The van der Waals surface area contributed by atoms with Crippen molar-refractivity contribution in [2.75, 3.05) is 5.38 Å². The van der Waals surface area contributed by atoms with E-state index in [1.165, 1.54) is 13.1 Å². The average Bonchev–Trinajstić information content (AvgIpc) is 1.96. The Morgan fingerprint density at radius 2 is 1.76 bits per heavy atom. The molecule has 17 heavy (non-hydrogen) atoms. The Kier molecular flexibility index (Phi) is 5.52. The molecule has 7 heteroatoms. The first-order valence-corrected chi connectivity index (χ1v) is 13.7. The van der Waals surface area contributed by atoms with Gasteiger partial charge in [-0.3, -0.25) is 4.99 Å². The molecule has 0 radical (unpaired) electrons. The third kappa shape index (κ3) is 6.92. The third-order valence-corrected chi connectivity index (χ3v) is 11.8. The van der Waals surface area contributed by atoms with Gasteiger partial charge in [-0.05, 0) is 39.7 Å². The molecule has 0 heterocycles. The lowest BCUT2D eigenvalue weighted by Gasteiger charge is -2.31. The van der Waals surface area contributed by atoms with Crippen LogP contribution in [-0.4, -0.2) is 35.5 Å². The van der Waals surface area contributed by atoms with Gasteiger partial charge >= 0.3 is 0 Å². The highest BCUT2D eigenvalue weighted by molar-refractivity contribution is 8.07. The summed E-state index contributed by atoms with van der Waals surface area (Å²) in [4.78, 5) is 3.75. The van der Waals surface area contributed by atoms with Crippen molar-refractivity contribution in [3.8, 4) is 0 Å². The van der Waals surface area contributed by atoms with Crippen LogP contribution in [0.4, 0.5) is 0 Å². The molecule has 0 N–H and O–H groups in total. The topological polar surface area (TPSA) is 55.7 Å². The second-order valence-electron chi connectivity index (χ2n) is 5.56. The standard InChI is InChI=1S/C10H23NO3SSi2/c1-8-11-10(2)15(12,13)9-17(6,7)14-16(3,4)5/h8H,1,9H2,2-7H3. The Bertz CT molecular complexity index is 408. The first-order chi connectivity index (χ1) is 7.40. The molecule has 0 spiro atoms. The van der Waals surface area contributed by atoms with Crippen LogP contribution in [0.3, 0.4) is 0 Å². The highest BCUT2D eigenvalue weighted by Crippen LogP contribution is 2.16.